The molecule has 5 atom stereocenters. The van der Waals surface area contributed by atoms with Crippen LogP contribution in [0.5, 0.6) is 0 Å². The van der Waals surface area contributed by atoms with E-state index in [2.05, 4.69) is 186 Å². The molecule has 5 unspecified atom stereocenters. The largest absolute Gasteiger partial charge is 0.472 e. The van der Waals surface area contributed by atoms with E-state index >= 15 is 0 Å². The molecule has 0 saturated carbocycles. The summed E-state index contributed by atoms with van der Waals surface area (Å²) in [5.74, 6) is -2.44. The molecule has 0 heterocycles. The van der Waals surface area contributed by atoms with Gasteiger partial charge in [-0.1, -0.05) is 255 Å². The second-order valence-corrected chi connectivity index (χ2v) is 27.4. The fourth-order valence-electron chi connectivity index (χ4n) is 9.19. The van der Waals surface area contributed by atoms with E-state index in [1.807, 2.05) is 12.2 Å². The summed E-state index contributed by atoms with van der Waals surface area (Å²) in [7, 11) is -10.0. The van der Waals surface area contributed by atoms with E-state index in [4.69, 9.17) is 37.0 Å². The van der Waals surface area contributed by atoms with Crippen molar-refractivity contribution in [2.75, 3.05) is 39.6 Å². The van der Waals surface area contributed by atoms with Gasteiger partial charge in [-0.15, -0.1) is 0 Å². The minimum absolute atomic E-state index is 0.0600. The number of esters is 4. The van der Waals surface area contributed by atoms with Crippen molar-refractivity contribution in [1.82, 2.24) is 0 Å². The molecule has 0 aromatic heterocycles. The predicted octanol–water partition coefficient (Wildman–Crippen LogP) is 22.0. The van der Waals surface area contributed by atoms with E-state index in [0.29, 0.717) is 25.7 Å². The number of ether oxygens (including phenoxy) is 4. The fraction of sp³-hybridized carbons (Fsp3) is 0.590. The number of hydrogen-bond donors (Lipinski definition) is 3. The summed E-state index contributed by atoms with van der Waals surface area (Å²) < 4.78 is 68.3. The van der Waals surface area contributed by atoms with Crippen molar-refractivity contribution >= 4 is 39.5 Å². The summed E-state index contributed by atoms with van der Waals surface area (Å²) in [6.07, 6.45) is 87.8. The van der Waals surface area contributed by atoms with Crippen LogP contribution in [0.3, 0.4) is 0 Å². The van der Waals surface area contributed by atoms with E-state index in [0.717, 1.165) is 161 Å². The summed E-state index contributed by atoms with van der Waals surface area (Å²) in [6, 6.07) is 0. The van der Waals surface area contributed by atoms with E-state index < -0.39 is 97.5 Å². The molecule has 0 rings (SSSR count). The van der Waals surface area contributed by atoms with Crippen LogP contribution < -0.4 is 0 Å². The van der Waals surface area contributed by atoms with Crippen LogP contribution in [-0.4, -0.2) is 96.7 Å². The van der Waals surface area contributed by atoms with Gasteiger partial charge in [0, 0.05) is 19.3 Å². The maximum Gasteiger partial charge on any atom is 0.472 e. The summed E-state index contributed by atoms with van der Waals surface area (Å²) in [6.45, 7) is 4.26. The van der Waals surface area contributed by atoms with Gasteiger partial charge in [-0.2, -0.15) is 0 Å². The van der Waals surface area contributed by atoms with E-state index in [-0.39, 0.29) is 25.7 Å². The molecule has 0 fully saturated rings. The average molecular weight is 1460 g/mol. The molecular weight excluding hydrogens is 1330 g/mol. The Morgan fingerprint density at radius 1 is 0.294 bits per heavy atom. The Morgan fingerprint density at radius 3 is 0.892 bits per heavy atom. The Bertz CT molecular complexity index is 2650. The number of carbonyl (C=O) groups is 4. The van der Waals surface area contributed by atoms with Crippen molar-refractivity contribution in [2.45, 2.75) is 277 Å². The summed E-state index contributed by atoms with van der Waals surface area (Å²) in [5, 5.41) is 10.6. The van der Waals surface area contributed by atoms with Crippen molar-refractivity contribution in [3.05, 3.63) is 182 Å². The number of hydrogen-bond acceptors (Lipinski definition) is 15. The molecule has 0 radical (unpaired) electrons. The van der Waals surface area contributed by atoms with Crippen LogP contribution in [0, 0.1) is 0 Å². The maximum atomic E-state index is 13.1. The Kier molecular flexibility index (Phi) is 69.3. The number of carbonyl (C=O) groups excluding carboxylic acids is 4. The average Bonchev–Trinajstić information content (AvgIpc) is 0.919. The fourth-order valence-corrected chi connectivity index (χ4v) is 10.8. The third-order valence-corrected chi connectivity index (χ3v) is 16.8. The van der Waals surface area contributed by atoms with Crippen LogP contribution in [0.4, 0.5) is 0 Å². The zero-order chi connectivity index (χ0) is 74.6. The number of aliphatic hydroxyl groups excluding tert-OH is 1. The molecule has 0 bridgehead atoms. The molecule has 17 nitrogen and oxygen atoms in total. The number of aliphatic hydroxyl groups is 1. The highest BCUT2D eigenvalue weighted by molar-refractivity contribution is 7.47. The van der Waals surface area contributed by atoms with E-state index in [1.54, 1.807) is 12.2 Å². The summed E-state index contributed by atoms with van der Waals surface area (Å²) in [5.41, 5.74) is 0. The second-order valence-electron chi connectivity index (χ2n) is 24.5. The number of phosphoric ester groups is 2. The maximum absolute atomic E-state index is 13.1. The molecule has 19 heteroatoms. The van der Waals surface area contributed by atoms with Crippen LogP contribution in [0.15, 0.2) is 182 Å². The monoisotopic (exact) mass is 1460 g/mol. The summed E-state index contributed by atoms with van der Waals surface area (Å²) in [4.78, 5) is 72.8. The highest BCUT2D eigenvalue weighted by Gasteiger charge is 2.30. The molecule has 0 amide bonds. The van der Waals surface area contributed by atoms with E-state index in [1.165, 1.54) is 19.3 Å². The van der Waals surface area contributed by atoms with Gasteiger partial charge >= 0.3 is 39.5 Å². The molecule has 102 heavy (non-hydrogen) atoms. The van der Waals surface area contributed by atoms with Gasteiger partial charge in [-0.25, -0.2) is 9.13 Å². The van der Waals surface area contributed by atoms with Crippen LogP contribution in [-0.2, 0) is 65.4 Å². The van der Waals surface area contributed by atoms with Gasteiger partial charge < -0.3 is 33.8 Å². The van der Waals surface area contributed by atoms with Gasteiger partial charge in [0.15, 0.2) is 12.2 Å². The normalized spacial score (nSPS) is 14.9. The Balaban J connectivity index is 5.52. The van der Waals surface area contributed by atoms with Crippen LogP contribution in [0.2, 0.25) is 0 Å². The van der Waals surface area contributed by atoms with Crippen molar-refractivity contribution in [2.24, 2.45) is 0 Å². The number of rotatable bonds is 69. The first-order valence-electron chi connectivity index (χ1n) is 38.0. The second kappa shape index (κ2) is 73.5. The molecule has 0 aliphatic heterocycles. The third-order valence-electron chi connectivity index (χ3n) is 14.9. The lowest BCUT2D eigenvalue weighted by molar-refractivity contribution is -0.161. The summed E-state index contributed by atoms with van der Waals surface area (Å²) >= 11 is 0. The lowest BCUT2D eigenvalue weighted by atomic mass is 10.1. The first-order valence-corrected chi connectivity index (χ1v) is 41.0. The lowest BCUT2D eigenvalue weighted by Crippen LogP contribution is -2.30. The third kappa shape index (κ3) is 72.5. The molecular formula is C83H132O17P2. The highest BCUT2D eigenvalue weighted by atomic mass is 31.2. The van der Waals surface area contributed by atoms with Gasteiger partial charge in [-0.05, 0) is 161 Å². The quantitative estimate of drug-likeness (QED) is 0.0169. The van der Waals surface area contributed by atoms with Crippen molar-refractivity contribution in [3.8, 4) is 0 Å². The van der Waals surface area contributed by atoms with Crippen LogP contribution in [0.25, 0.3) is 0 Å². The number of allylic oxidation sites excluding steroid dienone is 29. The van der Waals surface area contributed by atoms with Gasteiger partial charge in [0.1, 0.15) is 19.3 Å². The van der Waals surface area contributed by atoms with Crippen molar-refractivity contribution in [3.63, 3.8) is 0 Å². The Labute approximate surface area is 615 Å². The molecule has 3 N–H and O–H groups in total. The molecule has 0 spiro atoms. The van der Waals surface area contributed by atoms with Crippen LogP contribution in [0.1, 0.15) is 259 Å². The minimum atomic E-state index is -5.02. The smallest absolute Gasteiger partial charge is 0.462 e. The van der Waals surface area contributed by atoms with Gasteiger partial charge in [-0.3, -0.25) is 37.3 Å². The highest BCUT2D eigenvalue weighted by Crippen LogP contribution is 2.45. The Hall–Kier alpha value is -5.84. The first kappa shape index (κ1) is 96.2. The van der Waals surface area contributed by atoms with E-state index in [9.17, 15) is 43.2 Å². The molecule has 0 aromatic carbocycles. The number of unbranched alkanes of at least 4 members (excludes halogenated alkanes) is 14. The first-order chi connectivity index (χ1) is 49.7. The van der Waals surface area contributed by atoms with Crippen molar-refractivity contribution < 1.29 is 80.2 Å². The SMILES string of the molecule is CC/C=C\C/C=C\C/C=C\C/C=C\C/C=C\CC(=O)OC(COC(=O)CCCCCC/C=C\C/C=C\C/C=C\C/C=C\CC)COP(=O)(O)OCC(O)COP(=O)(O)OCC(COC(=O)CCCC/C=C\C/C=C\C/C=C\C/C=C\CC)OC(=O)CCCCCCC/C=C\C/C=C\CCCCC. The zero-order valence-corrected chi connectivity index (χ0v) is 64.5. The predicted molar refractivity (Wildman–Crippen MR) is 417 cm³/mol. The van der Waals surface area contributed by atoms with Gasteiger partial charge in [0.25, 0.3) is 0 Å². The Morgan fingerprint density at radius 2 is 0.549 bits per heavy atom. The molecule has 576 valence electrons. The molecule has 0 aliphatic rings. The van der Waals surface area contributed by atoms with Gasteiger partial charge in [0.2, 0.25) is 0 Å². The van der Waals surface area contributed by atoms with Crippen molar-refractivity contribution in [1.29, 1.82) is 0 Å². The lowest BCUT2D eigenvalue weighted by Gasteiger charge is -2.21. The molecule has 0 saturated heterocycles. The number of phosphoric acid groups is 2. The molecule has 0 aromatic rings. The topological polar surface area (TPSA) is 237 Å². The zero-order valence-electron chi connectivity index (χ0n) is 62.7. The minimum Gasteiger partial charge on any atom is -0.462 e. The van der Waals surface area contributed by atoms with Gasteiger partial charge in [0.05, 0.1) is 32.8 Å². The van der Waals surface area contributed by atoms with Crippen LogP contribution >= 0.6 is 15.6 Å². The molecule has 0 aliphatic carbocycles. The standard InChI is InChI=1S/C83H132O17P2/c1-5-9-13-17-21-25-29-33-37-38-42-44-48-52-56-60-64-68-81(86)94-74-79(100-83(88)70-66-62-58-54-50-46-41-36-32-28-24-20-16-12-8-4)76-98-102(91,92)96-72-77(84)71-95-101(89,90)97-75-78(99-82(87)69-65-61-57-53-49-45-40-35-31-27-23-19-15-11-7-3)73-93-80(85)67-63-59-55-51-47-43-39-34-30-26-22-18-14-10-6-2/h9-10,12-14,16,21-28,33-37,39-42,44,47,50-51,54,62,66,77-79,84H,5-8,11,15,17-20,29-32,38,43,45-46,48-49,52-53,55-61,63-65,67-76H2,1-4H3,(H,89,90)(H,91,92)/b13-9-,14-10-,16-12-,25-21-,26-22-,27-23-,28-24-,37-33-,39-34-,40-35-,41-36-,44-42-,51-47-,54-50-,66-62-.